The largest absolute Gasteiger partial charge is 0.471 e. The summed E-state index contributed by atoms with van der Waals surface area (Å²) in [6.07, 6.45) is -4.00. The summed E-state index contributed by atoms with van der Waals surface area (Å²) in [5.74, 6) is -2.25. The van der Waals surface area contributed by atoms with Gasteiger partial charge in [0.05, 0.1) is 0 Å². The first-order chi connectivity index (χ1) is 9.77. The number of rotatable bonds is 2. The number of alkyl halides is 3. The summed E-state index contributed by atoms with van der Waals surface area (Å²) in [5.41, 5.74) is 6.47. The highest BCUT2D eigenvalue weighted by Crippen LogP contribution is 2.26. The summed E-state index contributed by atoms with van der Waals surface area (Å²) in [4.78, 5) is 12.3. The van der Waals surface area contributed by atoms with E-state index in [1.54, 1.807) is 0 Å². The van der Waals surface area contributed by atoms with Gasteiger partial charge in [0.25, 0.3) is 0 Å². The second-order valence-corrected chi connectivity index (χ2v) is 5.27. The Hall–Kier alpha value is -1.63. The first-order valence-corrected chi connectivity index (χ1v) is 6.65. The van der Waals surface area contributed by atoms with Gasteiger partial charge in [-0.05, 0) is 37.0 Å². The number of nitrogens with zero attached hydrogens (tertiary/aromatic N) is 1. The molecule has 7 heteroatoms. The van der Waals surface area contributed by atoms with Gasteiger partial charge in [-0.1, -0.05) is 12.1 Å². The third-order valence-electron chi connectivity index (χ3n) is 3.64. The lowest BCUT2D eigenvalue weighted by atomic mass is 9.92. The van der Waals surface area contributed by atoms with Crippen molar-refractivity contribution in [2.75, 3.05) is 6.54 Å². The fourth-order valence-corrected chi connectivity index (χ4v) is 2.60. The Morgan fingerprint density at radius 1 is 1.29 bits per heavy atom. The molecule has 1 aromatic carbocycles. The van der Waals surface area contributed by atoms with Crippen molar-refractivity contribution in [1.29, 1.82) is 0 Å². The number of benzene rings is 1. The Morgan fingerprint density at radius 3 is 2.48 bits per heavy atom. The molecule has 116 valence electrons. The van der Waals surface area contributed by atoms with Crippen LogP contribution in [0.15, 0.2) is 24.3 Å². The van der Waals surface area contributed by atoms with Gasteiger partial charge in [0, 0.05) is 18.6 Å². The molecule has 0 spiro atoms. The molecule has 1 aliphatic heterocycles. The molecule has 2 unspecified atom stereocenters. The summed E-state index contributed by atoms with van der Waals surface area (Å²) >= 11 is 0. The van der Waals surface area contributed by atoms with Crippen molar-refractivity contribution in [2.24, 2.45) is 5.73 Å². The fraction of sp³-hybridized carbons (Fsp3) is 0.500. The molecule has 0 aliphatic carbocycles. The Balaban J connectivity index is 2.15. The molecule has 0 aromatic heterocycles. The van der Waals surface area contributed by atoms with E-state index in [1.807, 2.05) is 0 Å². The summed E-state index contributed by atoms with van der Waals surface area (Å²) in [5, 5.41) is 0. The summed E-state index contributed by atoms with van der Waals surface area (Å²) in [6.45, 7) is -0.00856. The van der Waals surface area contributed by atoms with Gasteiger partial charge in [0.2, 0.25) is 0 Å². The first-order valence-electron chi connectivity index (χ1n) is 6.65. The molecule has 0 bridgehead atoms. The average Bonchev–Trinajstić information content (AvgIpc) is 2.40. The average molecular weight is 304 g/mol. The predicted molar refractivity (Wildman–Crippen MR) is 68.9 cm³/mol. The normalized spacial score (nSPS) is 23.2. The molecule has 2 N–H and O–H groups in total. The first kappa shape index (κ1) is 15.8. The van der Waals surface area contributed by atoms with E-state index in [9.17, 15) is 22.4 Å². The van der Waals surface area contributed by atoms with Crippen LogP contribution in [0.5, 0.6) is 0 Å². The minimum atomic E-state index is -4.89. The molecule has 1 fully saturated rings. The van der Waals surface area contributed by atoms with E-state index in [2.05, 4.69) is 0 Å². The highest BCUT2D eigenvalue weighted by atomic mass is 19.4. The fourth-order valence-electron chi connectivity index (χ4n) is 2.60. The third-order valence-corrected chi connectivity index (χ3v) is 3.64. The van der Waals surface area contributed by atoms with Gasteiger partial charge < -0.3 is 10.6 Å². The highest BCUT2D eigenvalue weighted by Gasteiger charge is 2.45. The van der Waals surface area contributed by atoms with Crippen LogP contribution in [0.3, 0.4) is 0 Å². The molecular formula is C14H16F4N2O. The van der Waals surface area contributed by atoms with Gasteiger partial charge >= 0.3 is 12.1 Å². The van der Waals surface area contributed by atoms with Crippen molar-refractivity contribution in [2.45, 2.75) is 37.5 Å². The molecule has 1 aliphatic rings. The molecule has 2 atom stereocenters. The molecule has 2 rings (SSSR count). The van der Waals surface area contributed by atoms with Gasteiger partial charge in [0.1, 0.15) is 5.82 Å². The topological polar surface area (TPSA) is 46.3 Å². The summed E-state index contributed by atoms with van der Waals surface area (Å²) in [7, 11) is 0. The Bertz CT molecular complexity index is 501. The Kier molecular flexibility index (Phi) is 4.51. The maximum Gasteiger partial charge on any atom is 0.471 e. The predicted octanol–water partition coefficient (Wildman–Crippen LogP) is 2.25. The van der Waals surface area contributed by atoms with Crippen molar-refractivity contribution in [3.63, 3.8) is 0 Å². The van der Waals surface area contributed by atoms with Crippen LogP contribution in [0, 0.1) is 5.82 Å². The van der Waals surface area contributed by atoms with E-state index < -0.39 is 23.9 Å². The second-order valence-electron chi connectivity index (χ2n) is 5.27. The zero-order valence-corrected chi connectivity index (χ0v) is 11.2. The molecule has 1 aromatic rings. The zero-order chi connectivity index (χ0) is 15.6. The zero-order valence-electron chi connectivity index (χ0n) is 11.2. The minimum Gasteiger partial charge on any atom is -0.331 e. The maximum atomic E-state index is 12.9. The summed E-state index contributed by atoms with van der Waals surface area (Å²) < 4.78 is 50.7. The van der Waals surface area contributed by atoms with Gasteiger partial charge in [-0.3, -0.25) is 4.79 Å². The number of halogens is 4. The molecule has 3 nitrogen and oxygen atoms in total. The maximum absolute atomic E-state index is 12.9. The van der Waals surface area contributed by atoms with E-state index in [0.29, 0.717) is 18.4 Å². The van der Waals surface area contributed by atoms with Gasteiger partial charge in [-0.15, -0.1) is 0 Å². The smallest absolute Gasteiger partial charge is 0.331 e. The highest BCUT2D eigenvalue weighted by molar-refractivity contribution is 5.82. The molecule has 21 heavy (non-hydrogen) atoms. The minimum absolute atomic E-state index is 0.00856. The van der Waals surface area contributed by atoms with Crippen LogP contribution in [0.25, 0.3) is 0 Å². The van der Waals surface area contributed by atoms with Crippen LogP contribution in [0.2, 0.25) is 0 Å². The van der Waals surface area contributed by atoms with E-state index >= 15 is 0 Å². The lowest BCUT2D eigenvalue weighted by Crippen LogP contribution is -2.54. The number of nitrogens with two attached hydrogens (primary N) is 1. The van der Waals surface area contributed by atoms with Crippen LogP contribution in [0.1, 0.15) is 18.4 Å². The van der Waals surface area contributed by atoms with Crippen molar-refractivity contribution in [3.05, 3.63) is 35.6 Å². The van der Waals surface area contributed by atoms with Crippen molar-refractivity contribution in [1.82, 2.24) is 4.90 Å². The molecule has 1 heterocycles. The second kappa shape index (κ2) is 6.01. The lowest BCUT2D eigenvalue weighted by molar-refractivity contribution is -0.189. The molecular weight excluding hydrogens is 288 g/mol. The monoisotopic (exact) mass is 304 g/mol. The van der Waals surface area contributed by atoms with E-state index in [4.69, 9.17) is 5.73 Å². The SMILES string of the molecule is NC1CCN(C(=O)C(F)(F)F)C(Cc2ccc(F)cc2)C1. The van der Waals surface area contributed by atoms with Gasteiger partial charge in [-0.2, -0.15) is 13.2 Å². The van der Waals surface area contributed by atoms with Crippen molar-refractivity contribution in [3.8, 4) is 0 Å². The van der Waals surface area contributed by atoms with Crippen LogP contribution in [-0.4, -0.2) is 35.6 Å². The summed E-state index contributed by atoms with van der Waals surface area (Å²) in [6, 6.07) is 4.65. The third kappa shape index (κ3) is 3.93. The number of amides is 1. The number of carbonyl (C=O) groups excluding carboxylic acids is 1. The quantitative estimate of drug-likeness (QED) is 0.852. The van der Waals surface area contributed by atoms with Gasteiger partial charge in [-0.25, -0.2) is 4.39 Å². The molecule has 1 amide bonds. The Labute approximate surface area is 119 Å². The van der Waals surface area contributed by atoms with Crippen LogP contribution < -0.4 is 5.73 Å². The number of carbonyl (C=O) groups is 1. The van der Waals surface area contributed by atoms with E-state index in [0.717, 1.165) is 4.90 Å². The van der Waals surface area contributed by atoms with E-state index in [-0.39, 0.29) is 19.0 Å². The van der Waals surface area contributed by atoms with E-state index in [1.165, 1.54) is 24.3 Å². The van der Waals surface area contributed by atoms with Crippen molar-refractivity contribution < 1.29 is 22.4 Å². The standard InChI is InChI=1S/C14H16F4N2O/c15-10-3-1-9(2-4-10)7-12-8-11(19)5-6-20(12)13(21)14(16,17)18/h1-4,11-12H,5-8,19H2. The number of likely N-dealkylation sites (tertiary alicyclic amines) is 1. The van der Waals surface area contributed by atoms with Crippen LogP contribution >= 0.6 is 0 Å². The lowest BCUT2D eigenvalue weighted by Gasteiger charge is -2.38. The van der Waals surface area contributed by atoms with Crippen LogP contribution in [0.4, 0.5) is 17.6 Å². The number of hydrogen-bond acceptors (Lipinski definition) is 2. The van der Waals surface area contributed by atoms with Crippen LogP contribution in [-0.2, 0) is 11.2 Å². The Morgan fingerprint density at radius 2 is 1.90 bits per heavy atom. The number of piperidine rings is 1. The molecule has 0 radical (unpaired) electrons. The van der Waals surface area contributed by atoms with Crippen molar-refractivity contribution >= 4 is 5.91 Å². The molecule has 0 saturated carbocycles. The number of hydrogen-bond donors (Lipinski definition) is 1. The van der Waals surface area contributed by atoms with Gasteiger partial charge in [0.15, 0.2) is 0 Å². The molecule has 1 saturated heterocycles.